The zero-order valence-corrected chi connectivity index (χ0v) is 15.0. The summed E-state index contributed by atoms with van der Waals surface area (Å²) in [6.45, 7) is 3.54. The maximum Gasteiger partial charge on any atom is 0.276 e. The van der Waals surface area contributed by atoms with Crippen LogP contribution in [0.25, 0.3) is 0 Å². The van der Waals surface area contributed by atoms with Crippen LogP contribution in [-0.4, -0.2) is 37.6 Å². The minimum atomic E-state index is 0.00626. The van der Waals surface area contributed by atoms with Gasteiger partial charge in [0.15, 0.2) is 0 Å². The van der Waals surface area contributed by atoms with Gasteiger partial charge < -0.3 is 10.3 Å². The highest BCUT2D eigenvalue weighted by Crippen LogP contribution is 2.17. The Hall–Kier alpha value is -1.79. The molecule has 1 atom stereocenters. The predicted molar refractivity (Wildman–Crippen MR) is 99.2 cm³/mol. The number of hydrogen-bond acceptors (Lipinski definition) is 4. The van der Waals surface area contributed by atoms with Crippen LogP contribution in [-0.2, 0) is 13.0 Å². The summed E-state index contributed by atoms with van der Waals surface area (Å²) in [4.78, 5) is 17.6. The lowest BCUT2D eigenvalue weighted by atomic mass is 9.61. The fraction of sp³-hybridized carbons (Fsp3) is 0.412. The molecule has 0 saturated heterocycles. The minimum absolute atomic E-state index is 0.00626. The van der Waals surface area contributed by atoms with E-state index in [1.54, 1.807) is 9.69 Å². The van der Waals surface area contributed by atoms with Crippen molar-refractivity contribution < 1.29 is 0 Å². The molecule has 1 aromatic carbocycles. The van der Waals surface area contributed by atoms with Gasteiger partial charge in [-0.1, -0.05) is 36.2 Å². The van der Waals surface area contributed by atoms with Gasteiger partial charge in [0.05, 0.1) is 17.0 Å². The van der Waals surface area contributed by atoms with E-state index in [0.29, 0.717) is 12.3 Å². The Labute approximate surface area is 147 Å². The van der Waals surface area contributed by atoms with Crippen molar-refractivity contribution in [2.24, 2.45) is 0 Å². The van der Waals surface area contributed by atoms with Gasteiger partial charge in [-0.05, 0) is 17.9 Å². The van der Waals surface area contributed by atoms with Gasteiger partial charge in [0, 0.05) is 38.6 Å². The molecule has 24 heavy (non-hydrogen) atoms. The van der Waals surface area contributed by atoms with E-state index in [1.165, 1.54) is 0 Å². The lowest BCUT2D eigenvalue weighted by molar-refractivity contribution is 0.596. The maximum atomic E-state index is 12.8. The first-order chi connectivity index (χ1) is 11.5. The molecule has 1 aliphatic heterocycles. The highest BCUT2D eigenvalue weighted by molar-refractivity contribution is 6.53. The first-order valence-electron chi connectivity index (χ1n) is 8.11. The fourth-order valence-corrected chi connectivity index (χ4v) is 3.12. The van der Waals surface area contributed by atoms with Crippen LogP contribution in [0, 0.1) is 0 Å². The van der Waals surface area contributed by atoms with Gasteiger partial charge in [-0.3, -0.25) is 4.79 Å². The third-order valence-electron chi connectivity index (χ3n) is 4.30. The zero-order valence-electron chi connectivity index (χ0n) is 14.2. The van der Waals surface area contributed by atoms with Gasteiger partial charge in [-0.15, -0.1) is 0 Å². The summed E-state index contributed by atoms with van der Waals surface area (Å²) in [5.41, 5.74) is 3.51. The van der Waals surface area contributed by atoms with Crippen LogP contribution in [0.3, 0.4) is 0 Å². The normalized spacial score (nSPS) is 14.8. The molecule has 0 aliphatic carbocycles. The second kappa shape index (κ2) is 6.99. The largest absolute Gasteiger partial charge is 0.315 e. The summed E-state index contributed by atoms with van der Waals surface area (Å²) in [7, 11) is 5.75. The van der Waals surface area contributed by atoms with Crippen molar-refractivity contribution in [2.75, 3.05) is 25.6 Å². The van der Waals surface area contributed by atoms with Gasteiger partial charge in [-0.2, -0.15) is 0 Å². The molecule has 0 unspecified atom stereocenters. The highest BCUT2D eigenvalue weighted by Gasteiger charge is 2.22. The van der Waals surface area contributed by atoms with Gasteiger partial charge in [0.1, 0.15) is 0 Å². The summed E-state index contributed by atoms with van der Waals surface area (Å²) in [5, 5.41) is 5.75. The number of aromatic nitrogens is 2. The van der Waals surface area contributed by atoms with Crippen LogP contribution in [0.4, 0.5) is 0 Å². The minimum Gasteiger partial charge on any atom is -0.315 e. The maximum absolute atomic E-state index is 12.8. The summed E-state index contributed by atoms with van der Waals surface area (Å²) in [6.07, 6.45) is 0.787. The summed E-state index contributed by atoms with van der Waals surface area (Å²) in [5.74, 6) is 0.125. The molecule has 2 aromatic rings. The van der Waals surface area contributed by atoms with E-state index >= 15 is 0 Å². The topological polar surface area (TPSA) is 50.2 Å². The second-order valence-corrected chi connectivity index (χ2v) is 6.73. The van der Waals surface area contributed by atoms with Crippen molar-refractivity contribution in [2.45, 2.75) is 25.7 Å². The Kier molecular flexibility index (Phi) is 4.97. The molecule has 1 aliphatic rings. The molecule has 0 fully saturated rings. The molecule has 125 valence electrons. The zero-order chi connectivity index (χ0) is 17.3. The molecule has 1 aromatic heterocycles. The van der Waals surface area contributed by atoms with E-state index in [-0.39, 0.29) is 11.4 Å². The van der Waals surface area contributed by atoms with Crippen molar-refractivity contribution >= 4 is 24.6 Å². The first-order valence-corrected chi connectivity index (χ1v) is 8.48. The van der Waals surface area contributed by atoms with E-state index in [9.17, 15) is 4.79 Å². The third kappa shape index (κ3) is 3.35. The molecule has 5 nitrogen and oxygen atoms in total. The van der Waals surface area contributed by atoms with Crippen molar-refractivity contribution in [1.82, 2.24) is 15.0 Å². The Balaban J connectivity index is 1.98. The van der Waals surface area contributed by atoms with Crippen LogP contribution in [0.1, 0.15) is 29.6 Å². The average molecular weight is 344 g/mol. The van der Waals surface area contributed by atoms with E-state index < -0.39 is 0 Å². The Morgan fingerprint density at radius 1 is 1.33 bits per heavy atom. The van der Waals surface area contributed by atoms with Crippen molar-refractivity contribution in [3.8, 4) is 0 Å². The molecule has 0 saturated carbocycles. The Morgan fingerprint density at radius 3 is 2.71 bits per heavy atom. The van der Waals surface area contributed by atoms with Gasteiger partial charge in [0.25, 0.3) is 5.56 Å². The van der Waals surface area contributed by atoms with E-state index in [0.717, 1.165) is 34.8 Å². The number of rotatable bonds is 4. The fourth-order valence-electron chi connectivity index (χ4n) is 2.99. The number of nitrogens with one attached hydrogen (secondary N) is 1. The van der Waals surface area contributed by atoms with Crippen LogP contribution in [0.2, 0.25) is 5.02 Å². The Morgan fingerprint density at radius 2 is 2.04 bits per heavy atom. The predicted octanol–water partition coefficient (Wildman–Crippen LogP) is 0.831. The molecule has 0 bridgehead atoms. The third-order valence-corrected chi connectivity index (χ3v) is 4.55. The van der Waals surface area contributed by atoms with Crippen LogP contribution in [0.15, 0.2) is 29.1 Å². The molecule has 3 rings (SSSR count). The summed E-state index contributed by atoms with van der Waals surface area (Å²) >= 11 is 5.96. The van der Waals surface area contributed by atoms with Gasteiger partial charge >= 0.3 is 0 Å². The van der Waals surface area contributed by atoms with Crippen molar-refractivity contribution in [3.05, 3.63) is 56.5 Å². The molecule has 2 heterocycles. The lowest BCUT2D eigenvalue weighted by Crippen LogP contribution is -2.52. The molecule has 0 amide bonds. The van der Waals surface area contributed by atoms with E-state index in [2.05, 4.69) is 12.2 Å². The molecular weight excluding hydrogens is 322 g/mol. The van der Waals surface area contributed by atoms with E-state index in [1.807, 2.05) is 45.6 Å². The molecular formula is C17H21BClN4O. The standard InChI is InChI=1S/C17H21BClN4O/c1-11(12-4-6-13(19)7-5-12)18-17-21-15-8-9-20-10-14(15)16(24)23(17)22(2)3/h4-7,11,20H,8-10H2,1-3H3/t11-/m0/s1. The summed E-state index contributed by atoms with van der Waals surface area (Å²) < 4.78 is 1.64. The number of fused-ring (bicyclic) bond motifs is 1. The van der Waals surface area contributed by atoms with Crippen LogP contribution >= 0.6 is 11.6 Å². The molecule has 0 spiro atoms. The number of nitrogens with zero attached hydrogens (tertiary/aromatic N) is 3. The molecule has 7 heteroatoms. The number of halogens is 1. The Bertz CT molecular complexity index is 788. The quantitative estimate of drug-likeness (QED) is 0.836. The van der Waals surface area contributed by atoms with Crippen LogP contribution < -0.4 is 21.6 Å². The van der Waals surface area contributed by atoms with Gasteiger partial charge in [0.2, 0.25) is 7.28 Å². The number of benzene rings is 1. The lowest BCUT2D eigenvalue weighted by Gasteiger charge is -2.25. The second-order valence-electron chi connectivity index (χ2n) is 6.29. The monoisotopic (exact) mass is 343 g/mol. The smallest absolute Gasteiger partial charge is 0.276 e. The van der Waals surface area contributed by atoms with Crippen molar-refractivity contribution in [3.63, 3.8) is 0 Å². The molecule has 1 N–H and O–H groups in total. The van der Waals surface area contributed by atoms with E-state index in [4.69, 9.17) is 16.6 Å². The highest BCUT2D eigenvalue weighted by atomic mass is 35.5. The SMILES string of the molecule is C[C@H]([B]c1nc2c(c(=O)n1N(C)C)CNCC2)c1ccc(Cl)cc1. The average Bonchev–Trinajstić information content (AvgIpc) is 2.55. The first kappa shape index (κ1) is 17.1. The number of hydrogen-bond donors (Lipinski definition) is 1. The molecule has 1 radical (unpaired) electrons. The van der Waals surface area contributed by atoms with Crippen LogP contribution in [0.5, 0.6) is 0 Å². The van der Waals surface area contributed by atoms with Crippen molar-refractivity contribution in [1.29, 1.82) is 0 Å². The summed E-state index contributed by atoms with van der Waals surface area (Å²) in [6, 6.07) is 7.77. The van der Waals surface area contributed by atoms with Gasteiger partial charge in [-0.25, -0.2) is 9.66 Å².